The van der Waals surface area contributed by atoms with Gasteiger partial charge in [-0.2, -0.15) is 5.10 Å². The molecule has 0 saturated carbocycles. The molecule has 1 aliphatic rings. The molecule has 1 aromatic heterocycles. The van der Waals surface area contributed by atoms with Crippen LogP contribution in [0, 0.1) is 13.8 Å². The summed E-state index contributed by atoms with van der Waals surface area (Å²) in [6.45, 7) is 9.29. The van der Waals surface area contributed by atoms with Crippen molar-refractivity contribution in [3.8, 4) is 0 Å². The highest BCUT2D eigenvalue weighted by Crippen LogP contribution is 2.27. The van der Waals surface area contributed by atoms with Crippen molar-refractivity contribution in [1.29, 1.82) is 0 Å². The molecule has 0 fully saturated rings. The minimum atomic E-state index is 0.138. The standard InChI is InChI=1S/C21H31N3O/c1-4-11-23(15-21-16(2)22-24(12-13-25)17(21)3)20-10-9-18-7-5-6-8-19(18)14-20/h5-8,20,25H,4,9-15H2,1-3H3. The quantitative estimate of drug-likeness (QED) is 0.840. The topological polar surface area (TPSA) is 41.3 Å². The van der Waals surface area contributed by atoms with Gasteiger partial charge in [0.05, 0.1) is 18.8 Å². The highest BCUT2D eigenvalue weighted by molar-refractivity contribution is 5.31. The summed E-state index contributed by atoms with van der Waals surface area (Å²) >= 11 is 0. The summed E-state index contributed by atoms with van der Waals surface area (Å²) in [6.07, 6.45) is 4.74. The highest BCUT2D eigenvalue weighted by Gasteiger charge is 2.25. The maximum Gasteiger partial charge on any atom is 0.0644 e. The van der Waals surface area contributed by atoms with Crippen molar-refractivity contribution in [2.45, 2.75) is 65.6 Å². The molecule has 1 aromatic carbocycles. The van der Waals surface area contributed by atoms with Gasteiger partial charge in [0.1, 0.15) is 0 Å². The van der Waals surface area contributed by atoms with E-state index >= 15 is 0 Å². The number of rotatable bonds is 7. The molecule has 2 aromatic rings. The van der Waals surface area contributed by atoms with Crippen LogP contribution in [0.5, 0.6) is 0 Å². The van der Waals surface area contributed by atoms with Gasteiger partial charge in [0.25, 0.3) is 0 Å². The Morgan fingerprint density at radius 1 is 1.24 bits per heavy atom. The van der Waals surface area contributed by atoms with Gasteiger partial charge in [-0.1, -0.05) is 31.2 Å². The fourth-order valence-corrected chi connectivity index (χ4v) is 4.15. The Bertz CT molecular complexity index is 707. The summed E-state index contributed by atoms with van der Waals surface area (Å²) < 4.78 is 1.95. The summed E-state index contributed by atoms with van der Waals surface area (Å²) in [6, 6.07) is 9.50. The van der Waals surface area contributed by atoms with Crippen LogP contribution in [0.4, 0.5) is 0 Å². The molecule has 0 bridgehead atoms. The van der Waals surface area contributed by atoms with E-state index in [1.165, 1.54) is 41.6 Å². The first kappa shape index (κ1) is 18.2. The lowest BCUT2D eigenvalue weighted by Crippen LogP contribution is -2.39. The maximum atomic E-state index is 9.24. The number of aliphatic hydroxyl groups is 1. The average Bonchev–Trinajstić information content (AvgIpc) is 2.88. The Morgan fingerprint density at radius 2 is 2.00 bits per heavy atom. The number of nitrogens with zero attached hydrogens (tertiary/aromatic N) is 3. The molecule has 1 atom stereocenters. The van der Waals surface area contributed by atoms with E-state index in [-0.39, 0.29) is 6.61 Å². The molecule has 1 N–H and O–H groups in total. The lowest BCUT2D eigenvalue weighted by molar-refractivity contribution is 0.170. The summed E-state index contributed by atoms with van der Waals surface area (Å²) in [4.78, 5) is 2.65. The molecule has 1 unspecified atom stereocenters. The van der Waals surface area contributed by atoms with E-state index in [1.54, 1.807) is 0 Å². The lowest BCUT2D eigenvalue weighted by Gasteiger charge is -2.35. The molecule has 1 heterocycles. The van der Waals surface area contributed by atoms with Crippen molar-refractivity contribution in [2.75, 3.05) is 13.2 Å². The second kappa shape index (κ2) is 8.15. The van der Waals surface area contributed by atoms with Crippen molar-refractivity contribution < 1.29 is 5.11 Å². The van der Waals surface area contributed by atoms with Crippen LogP contribution in [0.2, 0.25) is 0 Å². The van der Waals surface area contributed by atoms with Crippen LogP contribution in [-0.4, -0.2) is 39.0 Å². The Hall–Kier alpha value is -1.65. The number of hydrogen-bond donors (Lipinski definition) is 1. The first-order valence-electron chi connectivity index (χ1n) is 9.58. The van der Waals surface area contributed by atoms with Gasteiger partial charge < -0.3 is 5.11 Å². The first-order valence-corrected chi connectivity index (χ1v) is 9.58. The monoisotopic (exact) mass is 341 g/mol. The molecule has 4 heteroatoms. The van der Waals surface area contributed by atoms with E-state index < -0.39 is 0 Å². The third-order valence-corrected chi connectivity index (χ3v) is 5.55. The fraction of sp³-hybridized carbons (Fsp3) is 0.571. The zero-order chi connectivity index (χ0) is 17.8. The number of aryl methyl sites for hydroxylation is 2. The smallest absolute Gasteiger partial charge is 0.0644 e. The molecule has 0 saturated heterocycles. The lowest BCUT2D eigenvalue weighted by atomic mass is 9.87. The number of aromatic nitrogens is 2. The van der Waals surface area contributed by atoms with E-state index in [0.29, 0.717) is 12.6 Å². The molecule has 136 valence electrons. The number of hydrogen-bond acceptors (Lipinski definition) is 3. The SMILES string of the molecule is CCCN(Cc1c(C)nn(CCO)c1C)C1CCc2ccccc2C1. The predicted octanol–water partition coefficient (Wildman–Crippen LogP) is 3.26. The number of aliphatic hydroxyl groups excluding tert-OH is 1. The normalized spacial score (nSPS) is 17.1. The van der Waals surface area contributed by atoms with Gasteiger partial charge in [0.15, 0.2) is 0 Å². The minimum Gasteiger partial charge on any atom is -0.394 e. The van der Waals surface area contributed by atoms with Crippen LogP contribution in [0.1, 0.15) is 47.8 Å². The first-order chi connectivity index (χ1) is 12.1. The summed E-state index contributed by atoms with van der Waals surface area (Å²) in [5.41, 5.74) is 6.68. The molecular formula is C21H31N3O. The third-order valence-electron chi connectivity index (χ3n) is 5.55. The zero-order valence-corrected chi connectivity index (χ0v) is 15.8. The van der Waals surface area contributed by atoms with Crippen LogP contribution in [0.25, 0.3) is 0 Å². The van der Waals surface area contributed by atoms with Crippen molar-refractivity contribution in [1.82, 2.24) is 14.7 Å². The van der Waals surface area contributed by atoms with Crippen molar-refractivity contribution >= 4 is 0 Å². The van der Waals surface area contributed by atoms with Crippen molar-refractivity contribution in [3.05, 3.63) is 52.3 Å². The Balaban J connectivity index is 1.79. The van der Waals surface area contributed by atoms with Gasteiger partial charge in [-0.3, -0.25) is 9.58 Å². The summed E-state index contributed by atoms with van der Waals surface area (Å²) in [5, 5.41) is 13.9. The van der Waals surface area contributed by atoms with E-state index in [9.17, 15) is 5.11 Å². The molecule has 0 aliphatic heterocycles. The van der Waals surface area contributed by atoms with Gasteiger partial charge >= 0.3 is 0 Å². The van der Waals surface area contributed by atoms with Gasteiger partial charge in [-0.15, -0.1) is 0 Å². The molecule has 0 radical (unpaired) electrons. The Morgan fingerprint density at radius 3 is 2.72 bits per heavy atom. The number of fused-ring (bicyclic) bond motifs is 1. The van der Waals surface area contributed by atoms with E-state index in [0.717, 1.165) is 25.2 Å². The summed E-state index contributed by atoms with van der Waals surface area (Å²) in [5.74, 6) is 0. The van der Waals surface area contributed by atoms with Gasteiger partial charge in [0.2, 0.25) is 0 Å². The highest BCUT2D eigenvalue weighted by atomic mass is 16.3. The third kappa shape index (κ3) is 3.96. The van der Waals surface area contributed by atoms with E-state index in [4.69, 9.17) is 0 Å². The largest absolute Gasteiger partial charge is 0.394 e. The maximum absolute atomic E-state index is 9.24. The number of benzene rings is 1. The Kier molecular flexibility index (Phi) is 5.92. The van der Waals surface area contributed by atoms with Crippen molar-refractivity contribution in [2.24, 2.45) is 0 Å². The summed E-state index contributed by atoms with van der Waals surface area (Å²) in [7, 11) is 0. The van der Waals surface area contributed by atoms with Gasteiger partial charge in [0, 0.05) is 23.8 Å². The van der Waals surface area contributed by atoms with E-state index in [1.807, 2.05) is 4.68 Å². The van der Waals surface area contributed by atoms with Crippen LogP contribution < -0.4 is 0 Å². The Labute approximate surface area is 151 Å². The molecule has 1 aliphatic carbocycles. The zero-order valence-electron chi connectivity index (χ0n) is 15.8. The van der Waals surface area contributed by atoms with E-state index in [2.05, 4.69) is 55.0 Å². The van der Waals surface area contributed by atoms with Crippen LogP contribution in [-0.2, 0) is 25.9 Å². The second-order valence-corrected chi connectivity index (χ2v) is 7.23. The fourth-order valence-electron chi connectivity index (χ4n) is 4.15. The van der Waals surface area contributed by atoms with Crippen LogP contribution in [0.3, 0.4) is 0 Å². The molecular weight excluding hydrogens is 310 g/mol. The van der Waals surface area contributed by atoms with Crippen LogP contribution >= 0.6 is 0 Å². The van der Waals surface area contributed by atoms with Gasteiger partial charge in [-0.05, 0) is 57.2 Å². The molecule has 0 spiro atoms. The second-order valence-electron chi connectivity index (χ2n) is 7.23. The molecule has 0 amide bonds. The molecule has 3 rings (SSSR count). The average molecular weight is 341 g/mol. The molecule has 25 heavy (non-hydrogen) atoms. The predicted molar refractivity (Wildman–Crippen MR) is 102 cm³/mol. The molecule has 4 nitrogen and oxygen atoms in total. The van der Waals surface area contributed by atoms with Crippen LogP contribution in [0.15, 0.2) is 24.3 Å². The van der Waals surface area contributed by atoms with Crippen molar-refractivity contribution in [3.63, 3.8) is 0 Å². The van der Waals surface area contributed by atoms with Gasteiger partial charge in [-0.25, -0.2) is 0 Å². The minimum absolute atomic E-state index is 0.138.